The van der Waals surface area contributed by atoms with Gasteiger partial charge in [-0.3, -0.25) is 0 Å². The number of benzene rings is 1. The molecule has 4 heteroatoms. The zero-order valence-electron chi connectivity index (χ0n) is 10.8. The van der Waals surface area contributed by atoms with Crippen molar-refractivity contribution in [3.05, 3.63) is 34.1 Å². The highest BCUT2D eigenvalue weighted by molar-refractivity contribution is 9.10. The maximum absolute atomic E-state index is 13.5. The van der Waals surface area contributed by atoms with Gasteiger partial charge in [0, 0.05) is 23.2 Å². The van der Waals surface area contributed by atoms with Crippen LogP contribution in [0.5, 0.6) is 0 Å². The molecular weight excluding hydrogens is 297 g/mol. The fourth-order valence-electron chi connectivity index (χ4n) is 2.03. The highest BCUT2D eigenvalue weighted by Crippen LogP contribution is 2.16. The minimum Gasteiger partial charge on any atom is -0.396 e. The minimum atomic E-state index is -0.181. The summed E-state index contributed by atoms with van der Waals surface area (Å²) in [5.41, 5.74) is 0.670. The van der Waals surface area contributed by atoms with Crippen LogP contribution in [-0.4, -0.2) is 18.3 Å². The Hall–Kier alpha value is -0.450. The van der Waals surface area contributed by atoms with Crippen molar-refractivity contribution in [3.63, 3.8) is 0 Å². The molecular formula is C14H21BrFNO. The van der Waals surface area contributed by atoms with Crippen LogP contribution in [0.3, 0.4) is 0 Å². The molecule has 0 aliphatic heterocycles. The van der Waals surface area contributed by atoms with Gasteiger partial charge in [0.05, 0.1) is 0 Å². The Morgan fingerprint density at radius 1 is 1.39 bits per heavy atom. The average Bonchev–Trinajstić information content (AvgIpc) is 2.34. The van der Waals surface area contributed by atoms with E-state index in [9.17, 15) is 4.39 Å². The van der Waals surface area contributed by atoms with Crippen molar-refractivity contribution in [3.8, 4) is 0 Å². The molecule has 1 rings (SSSR count). The Labute approximate surface area is 117 Å². The lowest BCUT2D eigenvalue weighted by Gasteiger charge is -2.16. The minimum absolute atomic E-state index is 0.181. The van der Waals surface area contributed by atoms with Crippen molar-refractivity contribution in [1.82, 2.24) is 5.32 Å². The lowest BCUT2D eigenvalue weighted by molar-refractivity contribution is 0.248. The van der Waals surface area contributed by atoms with Crippen LogP contribution in [0.4, 0.5) is 4.39 Å². The average molecular weight is 318 g/mol. The Bertz CT molecular complexity index is 354. The molecule has 0 aliphatic rings. The van der Waals surface area contributed by atoms with E-state index in [0.717, 1.165) is 30.3 Å². The summed E-state index contributed by atoms with van der Waals surface area (Å²) in [7, 11) is 0. The van der Waals surface area contributed by atoms with E-state index in [4.69, 9.17) is 5.11 Å². The van der Waals surface area contributed by atoms with Crippen molar-refractivity contribution in [2.24, 2.45) is 5.92 Å². The van der Waals surface area contributed by atoms with Crippen molar-refractivity contribution >= 4 is 15.9 Å². The van der Waals surface area contributed by atoms with Crippen LogP contribution >= 0.6 is 15.9 Å². The Morgan fingerprint density at radius 2 is 2.17 bits per heavy atom. The van der Waals surface area contributed by atoms with Crippen molar-refractivity contribution in [2.75, 3.05) is 13.2 Å². The molecule has 0 fully saturated rings. The second-order valence-corrected chi connectivity index (χ2v) is 5.45. The second-order valence-electron chi connectivity index (χ2n) is 4.53. The highest BCUT2D eigenvalue weighted by Gasteiger charge is 2.08. The van der Waals surface area contributed by atoms with Gasteiger partial charge in [-0.2, -0.15) is 0 Å². The molecule has 18 heavy (non-hydrogen) atoms. The summed E-state index contributed by atoms with van der Waals surface area (Å²) in [6.07, 6.45) is 3.01. The number of hydrogen-bond donors (Lipinski definition) is 2. The lowest BCUT2D eigenvalue weighted by Crippen LogP contribution is -2.23. The van der Waals surface area contributed by atoms with Crippen LogP contribution in [0.1, 0.15) is 31.7 Å². The predicted octanol–water partition coefficient (Wildman–Crippen LogP) is 3.48. The molecule has 1 unspecified atom stereocenters. The summed E-state index contributed by atoms with van der Waals surface area (Å²) < 4.78 is 14.4. The molecule has 0 amide bonds. The van der Waals surface area contributed by atoms with Gasteiger partial charge in [-0.05, 0) is 43.5 Å². The molecule has 2 N–H and O–H groups in total. The van der Waals surface area contributed by atoms with Gasteiger partial charge >= 0.3 is 0 Å². The van der Waals surface area contributed by atoms with Gasteiger partial charge < -0.3 is 10.4 Å². The third-order valence-electron chi connectivity index (χ3n) is 2.99. The van der Waals surface area contributed by atoms with E-state index >= 15 is 0 Å². The summed E-state index contributed by atoms with van der Waals surface area (Å²) in [5, 5.41) is 12.2. The van der Waals surface area contributed by atoms with Crippen LogP contribution < -0.4 is 5.32 Å². The van der Waals surface area contributed by atoms with Crippen LogP contribution in [0.25, 0.3) is 0 Å². The van der Waals surface area contributed by atoms with Crippen LogP contribution in [0.15, 0.2) is 22.7 Å². The molecule has 0 saturated carbocycles. The molecule has 102 valence electrons. The summed E-state index contributed by atoms with van der Waals surface area (Å²) in [6, 6.07) is 4.96. The monoisotopic (exact) mass is 317 g/mol. The SMILES string of the molecule is CCCC(CCO)CNCc1cc(Br)ccc1F. The molecule has 0 bridgehead atoms. The number of hydrogen-bond acceptors (Lipinski definition) is 2. The van der Waals surface area contributed by atoms with Gasteiger partial charge in [-0.15, -0.1) is 0 Å². The molecule has 2 nitrogen and oxygen atoms in total. The van der Waals surface area contributed by atoms with Gasteiger partial charge in [-0.1, -0.05) is 29.3 Å². The molecule has 0 saturated heterocycles. The lowest BCUT2D eigenvalue weighted by atomic mass is 10.0. The first-order valence-electron chi connectivity index (χ1n) is 6.42. The van der Waals surface area contributed by atoms with Gasteiger partial charge in [-0.25, -0.2) is 4.39 Å². The van der Waals surface area contributed by atoms with Gasteiger partial charge in [0.25, 0.3) is 0 Å². The number of rotatable bonds is 8. The van der Waals surface area contributed by atoms with Gasteiger partial charge in [0.15, 0.2) is 0 Å². The van der Waals surface area contributed by atoms with Crippen molar-refractivity contribution in [1.29, 1.82) is 0 Å². The number of aliphatic hydroxyl groups excluding tert-OH is 1. The highest BCUT2D eigenvalue weighted by atomic mass is 79.9. The van der Waals surface area contributed by atoms with E-state index < -0.39 is 0 Å². The van der Waals surface area contributed by atoms with Gasteiger partial charge in [0.1, 0.15) is 5.82 Å². The van der Waals surface area contributed by atoms with Crippen LogP contribution in [0.2, 0.25) is 0 Å². The van der Waals surface area contributed by atoms with E-state index in [0.29, 0.717) is 18.0 Å². The Kier molecular flexibility index (Phi) is 7.47. The molecule has 1 aromatic carbocycles. The number of nitrogens with one attached hydrogen (secondary N) is 1. The van der Waals surface area contributed by atoms with E-state index in [-0.39, 0.29) is 12.4 Å². The van der Waals surface area contributed by atoms with Crippen LogP contribution in [-0.2, 0) is 6.54 Å². The largest absolute Gasteiger partial charge is 0.396 e. The van der Waals surface area contributed by atoms with Crippen molar-refractivity contribution in [2.45, 2.75) is 32.7 Å². The van der Waals surface area contributed by atoms with Crippen LogP contribution in [0, 0.1) is 11.7 Å². The van der Waals surface area contributed by atoms with Crippen molar-refractivity contribution < 1.29 is 9.50 Å². The van der Waals surface area contributed by atoms with E-state index in [1.807, 2.05) is 0 Å². The number of halogens is 2. The molecule has 0 heterocycles. The molecule has 0 spiro atoms. The first-order valence-corrected chi connectivity index (χ1v) is 7.22. The molecule has 0 aliphatic carbocycles. The molecule has 1 atom stereocenters. The summed E-state index contributed by atoms with van der Waals surface area (Å²) in [6.45, 7) is 3.70. The zero-order valence-corrected chi connectivity index (χ0v) is 12.3. The topological polar surface area (TPSA) is 32.3 Å². The standard InChI is InChI=1S/C14H21BrFNO/c1-2-3-11(6-7-18)9-17-10-12-8-13(15)4-5-14(12)16/h4-5,8,11,17-18H,2-3,6-7,9-10H2,1H3. The second kappa shape index (κ2) is 8.62. The smallest absolute Gasteiger partial charge is 0.127 e. The summed E-state index contributed by atoms with van der Waals surface area (Å²) in [5.74, 6) is 0.287. The third kappa shape index (κ3) is 5.46. The first kappa shape index (κ1) is 15.6. The fourth-order valence-corrected chi connectivity index (χ4v) is 2.44. The Morgan fingerprint density at radius 3 is 2.83 bits per heavy atom. The fraction of sp³-hybridized carbons (Fsp3) is 0.571. The van der Waals surface area contributed by atoms with E-state index in [1.54, 1.807) is 12.1 Å². The molecule has 0 aromatic heterocycles. The predicted molar refractivity (Wildman–Crippen MR) is 75.9 cm³/mol. The van der Waals surface area contributed by atoms with Gasteiger partial charge in [0.2, 0.25) is 0 Å². The third-order valence-corrected chi connectivity index (χ3v) is 3.48. The summed E-state index contributed by atoms with van der Waals surface area (Å²) >= 11 is 3.34. The number of aliphatic hydroxyl groups is 1. The molecule has 1 aromatic rings. The maximum Gasteiger partial charge on any atom is 0.127 e. The first-order chi connectivity index (χ1) is 8.67. The Balaban J connectivity index is 2.41. The van der Waals surface area contributed by atoms with E-state index in [2.05, 4.69) is 28.2 Å². The quantitative estimate of drug-likeness (QED) is 0.769. The normalized spacial score (nSPS) is 12.7. The summed E-state index contributed by atoms with van der Waals surface area (Å²) in [4.78, 5) is 0. The maximum atomic E-state index is 13.5. The van der Waals surface area contributed by atoms with E-state index in [1.165, 1.54) is 6.07 Å². The molecule has 0 radical (unpaired) electrons. The zero-order chi connectivity index (χ0) is 13.4.